The summed E-state index contributed by atoms with van der Waals surface area (Å²) in [5, 5.41) is 13.4. The Balaban J connectivity index is 1.66. The number of alkyl halides is 2. The van der Waals surface area contributed by atoms with Gasteiger partial charge in [0.15, 0.2) is 11.8 Å². The molecule has 0 aliphatic heterocycles. The van der Waals surface area contributed by atoms with E-state index in [0.29, 0.717) is 36.3 Å². The Bertz CT molecular complexity index is 1040. The monoisotopic (exact) mass is 444 g/mol. The second-order valence-electron chi connectivity index (χ2n) is 6.87. The quantitative estimate of drug-likeness (QED) is 0.344. The summed E-state index contributed by atoms with van der Waals surface area (Å²) in [6.07, 6.45) is 0. The van der Waals surface area contributed by atoms with Gasteiger partial charge < -0.3 is 20.1 Å². The van der Waals surface area contributed by atoms with Gasteiger partial charge in [-0.2, -0.15) is 13.9 Å². The van der Waals surface area contributed by atoms with Crippen LogP contribution >= 0.6 is 0 Å². The van der Waals surface area contributed by atoms with Crippen molar-refractivity contribution in [1.82, 2.24) is 25.8 Å². The number of methoxy groups -OCH3 is 1. The first-order valence-electron chi connectivity index (χ1n) is 10.1. The summed E-state index contributed by atoms with van der Waals surface area (Å²) in [7, 11) is 1.61. The largest absolute Gasteiger partial charge is 0.497 e. The highest BCUT2D eigenvalue weighted by Gasteiger charge is 2.11. The molecule has 3 N–H and O–H groups in total. The summed E-state index contributed by atoms with van der Waals surface area (Å²) >= 11 is 0. The highest BCUT2D eigenvalue weighted by Crippen LogP contribution is 2.23. The molecule has 1 aromatic heterocycles. The predicted octanol–water partition coefficient (Wildman–Crippen LogP) is 3.65. The lowest BCUT2D eigenvalue weighted by atomic mass is 10.1. The summed E-state index contributed by atoms with van der Waals surface area (Å²) in [6.45, 7) is 2.08. The summed E-state index contributed by atoms with van der Waals surface area (Å²) < 4.78 is 35.1. The maximum absolute atomic E-state index is 12.7. The number of halogens is 2. The van der Waals surface area contributed by atoms with Crippen LogP contribution in [0.15, 0.2) is 47.5 Å². The molecule has 0 spiro atoms. The normalized spacial score (nSPS) is 11.5. The predicted molar refractivity (Wildman–Crippen MR) is 118 cm³/mol. The van der Waals surface area contributed by atoms with Gasteiger partial charge in [0, 0.05) is 17.7 Å². The molecule has 0 saturated heterocycles. The van der Waals surface area contributed by atoms with Crippen molar-refractivity contribution in [2.24, 2.45) is 4.99 Å². The van der Waals surface area contributed by atoms with Gasteiger partial charge in [0.25, 0.3) is 0 Å². The van der Waals surface area contributed by atoms with Crippen molar-refractivity contribution in [3.8, 4) is 22.9 Å². The van der Waals surface area contributed by atoms with Crippen molar-refractivity contribution >= 4 is 5.96 Å². The molecule has 0 fully saturated rings. The number of aliphatic imine (C=N–C) groups is 1. The van der Waals surface area contributed by atoms with E-state index in [1.165, 1.54) is 6.07 Å². The van der Waals surface area contributed by atoms with Crippen LogP contribution in [0, 0.1) is 6.92 Å². The number of rotatable bonds is 9. The molecule has 3 aromatic rings. The number of nitrogens with zero attached hydrogens (tertiary/aromatic N) is 3. The van der Waals surface area contributed by atoms with Gasteiger partial charge in [0.2, 0.25) is 0 Å². The molecular formula is C22H26F2N6O2. The third-order valence-electron chi connectivity index (χ3n) is 4.49. The molecule has 0 amide bonds. The molecule has 0 aliphatic rings. The number of hydrogen-bond donors (Lipinski definition) is 3. The lowest BCUT2D eigenvalue weighted by molar-refractivity contribution is -0.0504. The SMILES string of the molecule is CCNC(=NCc1cc(C)ccc1OC(F)F)NCc1nc(-c2ccc(OC)cc2)n[nH]1. The molecule has 3 rings (SSSR count). The third kappa shape index (κ3) is 6.40. The van der Waals surface area contributed by atoms with Gasteiger partial charge in [0.05, 0.1) is 20.2 Å². The Kier molecular flexibility index (Phi) is 7.96. The number of H-pyrrole nitrogens is 1. The van der Waals surface area contributed by atoms with Crippen LogP contribution in [0.25, 0.3) is 11.4 Å². The van der Waals surface area contributed by atoms with Crippen molar-refractivity contribution in [3.63, 3.8) is 0 Å². The lowest BCUT2D eigenvalue weighted by Gasteiger charge is -2.12. The van der Waals surface area contributed by atoms with Gasteiger partial charge in [-0.05, 0) is 44.2 Å². The minimum Gasteiger partial charge on any atom is -0.497 e. The van der Waals surface area contributed by atoms with Crippen molar-refractivity contribution in [1.29, 1.82) is 0 Å². The van der Waals surface area contributed by atoms with E-state index in [2.05, 4.69) is 35.5 Å². The summed E-state index contributed by atoms with van der Waals surface area (Å²) in [5.41, 5.74) is 2.37. The maximum atomic E-state index is 12.7. The van der Waals surface area contributed by atoms with Crippen molar-refractivity contribution in [2.75, 3.05) is 13.7 Å². The zero-order valence-electron chi connectivity index (χ0n) is 18.2. The van der Waals surface area contributed by atoms with Gasteiger partial charge in [0.1, 0.15) is 17.3 Å². The number of guanidine groups is 1. The standard InChI is InChI=1S/C22H26F2N6O2/c1-4-25-22(26-12-16-11-14(2)5-10-18(16)32-21(23)24)27-13-19-28-20(30-29-19)15-6-8-17(31-3)9-7-15/h5-11,21H,4,12-13H2,1-3H3,(H2,25,26,27)(H,28,29,30). The van der Waals surface area contributed by atoms with E-state index in [9.17, 15) is 8.78 Å². The zero-order valence-corrected chi connectivity index (χ0v) is 18.2. The number of nitrogens with one attached hydrogen (secondary N) is 3. The molecule has 0 radical (unpaired) electrons. The first kappa shape index (κ1) is 23.0. The van der Waals surface area contributed by atoms with E-state index in [-0.39, 0.29) is 12.3 Å². The van der Waals surface area contributed by atoms with Gasteiger partial charge >= 0.3 is 6.61 Å². The minimum atomic E-state index is -2.89. The van der Waals surface area contributed by atoms with E-state index in [0.717, 1.165) is 16.9 Å². The van der Waals surface area contributed by atoms with Gasteiger partial charge in [-0.1, -0.05) is 17.7 Å². The smallest absolute Gasteiger partial charge is 0.387 e. The molecule has 8 nitrogen and oxygen atoms in total. The number of ether oxygens (including phenoxy) is 2. The van der Waals surface area contributed by atoms with Crippen molar-refractivity contribution in [3.05, 3.63) is 59.4 Å². The third-order valence-corrected chi connectivity index (χ3v) is 4.49. The zero-order chi connectivity index (χ0) is 22.9. The van der Waals surface area contributed by atoms with Gasteiger partial charge in [-0.3, -0.25) is 5.10 Å². The van der Waals surface area contributed by atoms with Gasteiger partial charge in [-0.15, -0.1) is 0 Å². The average molecular weight is 444 g/mol. The Morgan fingerprint density at radius 3 is 2.62 bits per heavy atom. The molecule has 0 saturated carbocycles. The van der Waals surface area contributed by atoms with Gasteiger partial charge in [-0.25, -0.2) is 9.98 Å². The molecule has 2 aromatic carbocycles. The number of aromatic nitrogens is 3. The fourth-order valence-electron chi connectivity index (χ4n) is 2.96. The molecule has 0 bridgehead atoms. The molecule has 10 heteroatoms. The molecule has 0 unspecified atom stereocenters. The lowest BCUT2D eigenvalue weighted by Crippen LogP contribution is -2.37. The Labute approximate surface area is 185 Å². The number of aryl methyl sites for hydroxylation is 1. The Hall–Kier alpha value is -3.69. The highest BCUT2D eigenvalue weighted by molar-refractivity contribution is 5.79. The van der Waals surface area contributed by atoms with Crippen LogP contribution in [0.4, 0.5) is 8.78 Å². The fourth-order valence-corrected chi connectivity index (χ4v) is 2.96. The van der Waals surface area contributed by atoms with Crippen LogP contribution in [0.3, 0.4) is 0 Å². The summed E-state index contributed by atoms with van der Waals surface area (Å²) in [5.74, 6) is 2.58. The van der Waals surface area contributed by atoms with Crippen LogP contribution < -0.4 is 20.1 Å². The molecular weight excluding hydrogens is 418 g/mol. The van der Waals surface area contributed by atoms with E-state index in [1.54, 1.807) is 19.2 Å². The number of benzene rings is 2. The topological polar surface area (TPSA) is 96.5 Å². The second kappa shape index (κ2) is 11.1. The maximum Gasteiger partial charge on any atom is 0.387 e. The summed E-state index contributed by atoms with van der Waals surface area (Å²) in [4.78, 5) is 8.97. The molecule has 0 aliphatic carbocycles. The molecule has 1 heterocycles. The van der Waals surface area contributed by atoms with Crippen LogP contribution in [0.2, 0.25) is 0 Å². The van der Waals surface area contributed by atoms with E-state index in [1.807, 2.05) is 38.1 Å². The average Bonchev–Trinajstić information content (AvgIpc) is 3.26. The number of aromatic amines is 1. The van der Waals surface area contributed by atoms with Crippen LogP contribution in [-0.2, 0) is 13.1 Å². The second-order valence-corrected chi connectivity index (χ2v) is 6.87. The first-order valence-corrected chi connectivity index (χ1v) is 10.1. The van der Waals surface area contributed by atoms with E-state index >= 15 is 0 Å². The Morgan fingerprint density at radius 1 is 1.16 bits per heavy atom. The van der Waals surface area contributed by atoms with Crippen LogP contribution in [-0.4, -0.2) is 41.4 Å². The number of hydrogen-bond acceptors (Lipinski definition) is 5. The van der Waals surface area contributed by atoms with E-state index in [4.69, 9.17) is 4.74 Å². The molecule has 0 atom stereocenters. The minimum absolute atomic E-state index is 0.115. The first-order chi connectivity index (χ1) is 15.5. The fraction of sp³-hybridized carbons (Fsp3) is 0.318. The highest BCUT2D eigenvalue weighted by atomic mass is 19.3. The summed E-state index contributed by atoms with van der Waals surface area (Å²) in [6, 6.07) is 12.5. The van der Waals surface area contributed by atoms with E-state index < -0.39 is 6.61 Å². The van der Waals surface area contributed by atoms with Crippen LogP contribution in [0.1, 0.15) is 23.9 Å². The molecule has 170 valence electrons. The Morgan fingerprint density at radius 2 is 1.94 bits per heavy atom. The van der Waals surface area contributed by atoms with Crippen molar-refractivity contribution < 1.29 is 18.3 Å². The molecule has 32 heavy (non-hydrogen) atoms. The van der Waals surface area contributed by atoms with Crippen molar-refractivity contribution in [2.45, 2.75) is 33.5 Å². The van der Waals surface area contributed by atoms with Crippen LogP contribution in [0.5, 0.6) is 11.5 Å².